The van der Waals surface area contributed by atoms with Crippen LogP contribution in [-0.4, -0.2) is 24.9 Å². The van der Waals surface area contributed by atoms with E-state index in [0.29, 0.717) is 19.0 Å². The van der Waals surface area contributed by atoms with Gasteiger partial charge in [-0.2, -0.15) is 13.2 Å². The average Bonchev–Trinajstić information content (AvgIpc) is 3.11. The summed E-state index contributed by atoms with van der Waals surface area (Å²) in [6.07, 6.45) is -3.91. The van der Waals surface area contributed by atoms with Crippen LogP contribution in [0.3, 0.4) is 0 Å². The van der Waals surface area contributed by atoms with Crippen molar-refractivity contribution >= 4 is 24.0 Å². The second kappa shape index (κ2) is 6.47. The molecule has 154 valence electrons. The summed E-state index contributed by atoms with van der Waals surface area (Å²) in [5, 5.41) is 0. The van der Waals surface area contributed by atoms with Gasteiger partial charge in [0, 0.05) is 12.2 Å². The van der Waals surface area contributed by atoms with Crippen molar-refractivity contribution in [3.8, 4) is 0 Å². The Hall–Kier alpha value is -2.06. The average molecular weight is 407 g/mol. The normalized spacial score (nSPS) is 20.3. The predicted octanol–water partition coefficient (Wildman–Crippen LogP) is 4.84. The molecule has 4 rings (SSSR count). The lowest BCUT2D eigenvalue weighted by Gasteiger charge is -2.32. The molecule has 0 atom stereocenters. The topological polar surface area (TPSA) is 21.7 Å². The van der Waals surface area contributed by atoms with Gasteiger partial charge < -0.3 is 14.2 Å². The third-order valence-electron chi connectivity index (χ3n) is 6.09. The van der Waals surface area contributed by atoms with Crippen molar-refractivity contribution in [2.24, 2.45) is 0 Å². The van der Waals surface area contributed by atoms with Crippen LogP contribution < -0.4 is 10.4 Å². The van der Waals surface area contributed by atoms with Crippen LogP contribution in [0.15, 0.2) is 36.4 Å². The highest BCUT2D eigenvalue weighted by atomic mass is 19.4. The van der Waals surface area contributed by atoms with Crippen LogP contribution in [0.4, 0.5) is 28.9 Å². The number of alkyl halides is 3. The lowest BCUT2D eigenvalue weighted by Crippen LogP contribution is -2.41. The predicted molar refractivity (Wildman–Crippen MR) is 104 cm³/mol. The Balaban J connectivity index is 1.62. The first kappa shape index (κ1) is 20.2. The van der Waals surface area contributed by atoms with E-state index in [0.717, 1.165) is 22.8 Å². The standard InChI is InChI=1S/C21H22BF4NO2/c1-19(2)20(3,4)29-22(28-19)15-6-8-17-13(11-15)9-10-27(17)18-7-5-14(12-16(18)23)21(24,25)26/h5-8,11-12H,9-10H2,1-4H3. The molecule has 3 nitrogen and oxygen atoms in total. The molecule has 8 heteroatoms. The van der Waals surface area contributed by atoms with Crippen molar-refractivity contribution < 1.29 is 26.9 Å². The van der Waals surface area contributed by atoms with E-state index in [4.69, 9.17) is 9.31 Å². The SMILES string of the molecule is CC1(C)OB(c2ccc3c(c2)CCN3c2ccc(C(F)(F)F)cc2F)OC1(C)C. The molecule has 29 heavy (non-hydrogen) atoms. The summed E-state index contributed by atoms with van der Waals surface area (Å²) in [7, 11) is -0.498. The van der Waals surface area contributed by atoms with Crippen molar-refractivity contribution in [1.82, 2.24) is 0 Å². The Bertz CT molecular complexity index is 942. The maximum atomic E-state index is 14.4. The molecule has 1 fully saturated rings. The largest absolute Gasteiger partial charge is 0.494 e. The number of fused-ring (bicyclic) bond motifs is 1. The van der Waals surface area contributed by atoms with E-state index in [1.54, 1.807) is 4.90 Å². The molecule has 0 aromatic heterocycles. The molecule has 0 aliphatic carbocycles. The molecular formula is C21H22BF4NO2. The second-order valence-electron chi connectivity index (χ2n) is 8.54. The number of hydrogen-bond acceptors (Lipinski definition) is 3. The molecule has 2 aromatic rings. The molecule has 0 spiro atoms. The van der Waals surface area contributed by atoms with Crippen LogP contribution in [0, 0.1) is 5.82 Å². The molecule has 0 N–H and O–H groups in total. The number of anilines is 2. The Kier molecular flexibility index (Phi) is 4.51. The monoisotopic (exact) mass is 407 g/mol. The molecule has 0 amide bonds. The first-order chi connectivity index (χ1) is 13.4. The van der Waals surface area contributed by atoms with E-state index in [-0.39, 0.29) is 5.69 Å². The lowest BCUT2D eigenvalue weighted by molar-refractivity contribution is -0.137. The summed E-state index contributed by atoms with van der Waals surface area (Å²) >= 11 is 0. The van der Waals surface area contributed by atoms with Crippen LogP contribution in [0.5, 0.6) is 0 Å². The minimum absolute atomic E-state index is 0.139. The molecule has 2 aliphatic rings. The fraction of sp³-hybridized carbons (Fsp3) is 0.429. The summed E-state index contributed by atoms with van der Waals surface area (Å²) < 4.78 is 65.0. The molecule has 0 bridgehead atoms. The number of hydrogen-bond donors (Lipinski definition) is 0. The molecule has 2 aliphatic heterocycles. The van der Waals surface area contributed by atoms with Gasteiger partial charge in [-0.15, -0.1) is 0 Å². The number of benzene rings is 2. The van der Waals surface area contributed by atoms with Gasteiger partial charge in [0.2, 0.25) is 0 Å². The zero-order valence-corrected chi connectivity index (χ0v) is 16.7. The van der Waals surface area contributed by atoms with Crippen molar-refractivity contribution in [3.63, 3.8) is 0 Å². The minimum atomic E-state index is -4.57. The van der Waals surface area contributed by atoms with E-state index in [1.807, 2.05) is 45.9 Å². The van der Waals surface area contributed by atoms with Gasteiger partial charge in [0.1, 0.15) is 5.82 Å². The van der Waals surface area contributed by atoms with E-state index < -0.39 is 35.9 Å². The Morgan fingerprint density at radius 2 is 1.55 bits per heavy atom. The van der Waals surface area contributed by atoms with E-state index in [1.165, 1.54) is 6.07 Å². The third-order valence-corrected chi connectivity index (χ3v) is 6.09. The van der Waals surface area contributed by atoms with E-state index in [9.17, 15) is 17.6 Å². The molecule has 0 radical (unpaired) electrons. The summed E-state index contributed by atoms with van der Waals surface area (Å²) in [6, 6.07) is 8.33. The van der Waals surface area contributed by atoms with Crippen LogP contribution in [0.25, 0.3) is 0 Å². The van der Waals surface area contributed by atoms with E-state index in [2.05, 4.69) is 0 Å². The molecule has 2 aromatic carbocycles. The molecule has 1 saturated heterocycles. The summed E-state index contributed by atoms with van der Waals surface area (Å²) in [6.45, 7) is 8.42. The molecular weight excluding hydrogens is 385 g/mol. The van der Waals surface area contributed by atoms with Gasteiger partial charge in [-0.25, -0.2) is 4.39 Å². The van der Waals surface area contributed by atoms with Crippen LogP contribution in [-0.2, 0) is 21.9 Å². The van der Waals surface area contributed by atoms with Gasteiger partial charge in [-0.1, -0.05) is 12.1 Å². The van der Waals surface area contributed by atoms with Gasteiger partial charge in [-0.3, -0.25) is 0 Å². The summed E-state index contributed by atoms with van der Waals surface area (Å²) in [4.78, 5) is 1.71. The fourth-order valence-electron chi connectivity index (χ4n) is 3.70. The summed E-state index contributed by atoms with van der Waals surface area (Å²) in [5.41, 5.74) is 0.880. The zero-order valence-electron chi connectivity index (χ0n) is 16.7. The summed E-state index contributed by atoms with van der Waals surface area (Å²) in [5.74, 6) is -0.886. The Morgan fingerprint density at radius 3 is 2.14 bits per heavy atom. The van der Waals surface area contributed by atoms with Gasteiger partial charge in [-0.05, 0) is 69.4 Å². The van der Waals surface area contributed by atoms with Crippen molar-refractivity contribution in [1.29, 1.82) is 0 Å². The molecule has 0 saturated carbocycles. The first-order valence-corrected chi connectivity index (χ1v) is 9.52. The van der Waals surface area contributed by atoms with Crippen molar-refractivity contribution in [2.75, 3.05) is 11.4 Å². The van der Waals surface area contributed by atoms with Crippen LogP contribution in [0.2, 0.25) is 0 Å². The zero-order chi connectivity index (χ0) is 21.2. The lowest BCUT2D eigenvalue weighted by atomic mass is 9.78. The Morgan fingerprint density at radius 1 is 0.931 bits per heavy atom. The maximum absolute atomic E-state index is 14.4. The highest BCUT2D eigenvalue weighted by molar-refractivity contribution is 6.62. The maximum Gasteiger partial charge on any atom is 0.494 e. The van der Waals surface area contributed by atoms with Gasteiger partial charge >= 0.3 is 13.3 Å². The van der Waals surface area contributed by atoms with Gasteiger partial charge in [0.25, 0.3) is 0 Å². The van der Waals surface area contributed by atoms with Crippen molar-refractivity contribution in [2.45, 2.75) is 51.5 Å². The minimum Gasteiger partial charge on any atom is -0.399 e. The fourth-order valence-corrected chi connectivity index (χ4v) is 3.70. The third kappa shape index (κ3) is 3.42. The van der Waals surface area contributed by atoms with Crippen LogP contribution in [0.1, 0.15) is 38.8 Å². The first-order valence-electron chi connectivity index (χ1n) is 9.52. The number of nitrogens with zero attached hydrogens (tertiary/aromatic N) is 1. The highest BCUT2D eigenvalue weighted by Crippen LogP contribution is 2.39. The number of rotatable bonds is 2. The van der Waals surface area contributed by atoms with Gasteiger partial charge in [0.15, 0.2) is 0 Å². The Labute approximate surface area is 167 Å². The van der Waals surface area contributed by atoms with Gasteiger partial charge in [0.05, 0.1) is 22.5 Å². The quantitative estimate of drug-likeness (QED) is 0.526. The molecule has 0 unspecified atom stereocenters. The second-order valence-corrected chi connectivity index (χ2v) is 8.54. The smallest absolute Gasteiger partial charge is 0.399 e. The molecule has 2 heterocycles. The van der Waals surface area contributed by atoms with Crippen molar-refractivity contribution in [3.05, 3.63) is 53.3 Å². The van der Waals surface area contributed by atoms with E-state index >= 15 is 0 Å². The van der Waals surface area contributed by atoms with Crippen LogP contribution >= 0.6 is 0 Å². The number of halogens is 4. The highest BCUT2D eigenvalue weighted by Gasteiger charge is 2.51.